The van der Waals surface area contributed by atoms with Gasteiger partial charge < -0.3 is 4.57 Å². The minimum absolute atomic E-state index is 1.05. The molecule has 3 aromatic rings. The van der Waals surface area contributed by atoms with Gasteiger partial charge in [-0.3, -0.25) is 0 Å². The van der Waals surface area contributed by atoms with Crippen LogP contribution >= 0.6 is 0 Å². The van der Waals surface area contributed by atoms with Crippen LogP contribution in [0.15, 0.2) is 72.9 Å². The number of benzene rings is 2. The van der Waals surface area contributed by atoms with Gasteiger partial charge in [-0.05, 0) is 29.2 Å². The second-order valence-electron chi connectivity index (χ2n) is 5.04. The first-order valence-electron chi connectivity index (χ1n) is 7.19. The Hall–Kier alpha value is -2.28. The van der Waals surface area contributed by atoms with Crippen molar-refractivity contribution in [3.63, 3.8) is 0 Å². The van der Waals surface area contributed by atoms with Gasteiger partial charge in [-0.15, -0.1) is 0 Å². The Kier molecular flexibility index (Phi) is 3.69. The van der Waals surface area contributed by atoms with Gasteiger partial charge in [0, 0.05) is 18.4 Å². The van der Waals surface area contributed by atoms with Crippen molar-refractivity contribution >= 4 is 0 Å². The van der Waals surface area contributed by atoms with Gasteiger partial charge in [-0.1, -0.05) is 67.6 Å². The zero-order valence-corrected chi connectivity index (χ0v) is 11.8. The Morgan fingerprint density at radius 3 is 1.95 bits per heavy atom. The van der Waals surface area contributed by atoms with E-state index in [1.54, 1.807) is 0 Å². The smallest absolute Gasteiger partial charge is 0.0486 e. The van der Waals surface area contributed by atoms with Crippen molar-refractivity contribution < 1.29 is 0 Å². The molecule has 1 heteroatoms. The Balaban J connectivity index is 2.08. The van der Waals surface area contributed by atoms with E-state index in [-0.39, 0.29) is 0 Å². The molecule has 20 heavy (non-hydrogen) atoms. The van der Waals surface area contributed by atoms with Crippen LogP contribution in [0.1, 0.15) is 13.3 Å². The van der Waals surface area contributed by atoms with E-state index in [2.05, 4.69) is 84.4 Å². The molecule has 3 rings (SSSR count). The molecular weight excluding hydrogens is 242 g/mol. The third-order valence-electron chi connectivity index (χ3n) is 3.54. The molecule has 0 bridgehead atoms. The van der Waals surface area contributed by atoms with Crippen LogP contribution in [0, 0.1) is 0 Å². The Bertz CT molecular complexity index is 666. The highest BCUT2D eigenvalue weighted by Gasteiger charge is 2.08. The van der Waals surface area contributed by atoms with Gasteiger partial charge in [-0.25, -0.2) is 0 Å². The molecule has 0 fully saturated rings. The van der Waals surface area contributed by atoms with E-state index in [9.17, 15) is 0 Å². The number of hydrogen-bond donors (Lipinski definition) is 0. The van der Waals surface area contributed by atoms with Crippen LogP contribution in [0.2, 0.25) is 0 Å². The van der Waals surface area contributed by atoms with E-state index in [1.807, 2.05) is 0 Å². The fraction of sp³-hybridized carbons (Fsp3) is 0.158. The predicted octanol–water partition coefficient (Wildman–Crippen LogP) is 5.23. The fourth-order valence-electron chi connectivity index (χ4n) is 2.58. The predicted molar refractivity (Wildman–Crippen MR) is 85.6 cm³/mol. The van der Waals surface area contributed by atoms with E-state index in [1.165, 1.54) is 22.4 Å². The summed E-state index contributed by atoms with van der Waals surface area (Å²) in [6, 6.07) is 23.5. The van der Waals surface area contributed by atoms with E-state index in [0.29, 0.717) is 0 Å². The van der Waals surface area contributed by atoms with E-state index < -0.39 is 0 Å². The first-order valence-corrected chi connectivity index (χ1v) is 7.19. The second kappa shape index (κ2) is 5.79. The molecule has 0 aliphatic rings. The van der Waals surface area contributed by atoms with Gasteiger partial charge in [0.05, 0.1) is 0 Å². The third kappa shape index (κ3) is 2.53. The SMILES string of the molecule is CCCn1cc(-c2ccccc2)cc1-c1ccccc1. The van der Waals surface area contributed by atoms with Crippen molar-refractivity contribution in [2.24, 2.45) is 0 Å². The summed E-state index contributed by atoms with van der Waals surface area (Å²) in [5.74, 6) is 0. The lowest BCUT2D eigenvalue weighted by molar-refractivity contribution is 0.690. The molecule has 0 amide bonds. The molecule has 100 valence electrons. The van der Waals surface area contributed by atoms with Crippen molar-refractivity contribution in [2.45, 2.75) is 19.9 Å². The quantitative estimate of drug-likeness (QED) is 0.606. The van der Waals surface area contributed by atoms with Gasteiger partial charge >= 0.3 is 0 Å². The van der Waals surface area contributed by atoms with Crippen molar-refractivity contribution in [1.82, 2.24) is 4.57 Å². The maximum absolute atomic E-state index is 2.36. The van der Waals surface area contributed by atoms with Crippen molar-refractivity contribution in [1.29, 1.82) is 0 Å². The topological polar surface area (TPSA) is 4.93 Å². The highest BCUT2D eigenvalue weighted by molar-refractivity contribution is 5.72. The average Bonchev–Trinajstić information content (AvgIpc) is 2.94. The van der Waals surface area contributed by atoms with E-state index in [0.717, 1.165) is 13.0 Å². The molecule has 0 radical (unpaired) electrons. The maximum Gasteiger partial charge on any atom is 0.0486 e. The molecule has 0 spiro atoms. The summed E-state index contributed by atoms with van der Waals surface area (Å²) < 4.78 is 2.36. The number of aryl methyl sites for hydroxylation is 1. The summed E-state index contributed by atoms with van der Waals surface area (Å²) in [5.41, 5.74) is 5.15. The maximum atomic E-state index is 2.36. The fourth-order valence-corrected chi connectivity index (χ4v) is 2.58. The molecule has 0 atom stereocenters. The van der Waals surface area contributed by atoms with Crippen LogP contribution in [0.25, 0.3) is 22.4 Å². The summed E-state index contributed by atoms with van der Waals surface area (Å²) >= 11 is 0. The Morgan fingerprint density at radius 2 is 1.35 bits per heavy atom. The van der Waals surface area contributed by atoms with Gasteiger partial charge in [0.15, 0.2) is 0 Å². The van der Waals surface area contributed by atoms with Crippen LogP contribution in [0.4, 0.5) is 0 Å². The van der Waals surface area contributed by atoms with Crippen molar-refractivity contribution in [2.75, 3.05) is 0 Å². The summed E-state index contributed by atoms with van der Waals surface area (Å²) in [7, 11) is 0. The van der Waals surface area contributed by atoms with Crippen LogP contribution in [-0.2, 0) is 6.54 Å². The molecule has 0 aliphatic carbocycles. The molecule has 1 heterocycles. The summed E-state index contributed by atoms with van der Waals surface area (Å²) in [6.07, 6.45) is 3.41. The minimum Gasteiger partial charge on any atom is -0.347 e. The van der Waals surface area contributed by atoms with Crippen LogP contribution in [0.5, 0.6) is 0 Å². The van der Waals surface area contributed by atoms with Crippen molar-refractivity contribution in [3.8, 4) is 22.4 Å². The Labute approximate surface area is 120 Å². The normalized spacial score (nSPS) is 10.7. The van der Waals surface area contributed by atoms with Gasteiger partial charge in [0.25, 0.3) is 0 Å². The molecule has 0 aliphatic heterocycles. The highest BCUT2D eigenvalue weighted by atomic mass is 15.0. The second-order valence-corrected chi connectivity index (χ2v) is 5.04. The molecule has 0 saturated heterocycles. The largest absolute Gasteiger partial charge is 0.347 e. The molecule has 0 N–H and O–H groups in total. The van der Waals surface area contributed by atoms with Crippen molar-refractivity contribution in [3.05, 3.63) is 72.9 Å². The van der Waals surface area contributed by atoms with Gasteiger partial charge in [0.1, 0.15) is 0 Å². The summed E-state index contributed by atoms with van der Waals surface area (Å²) in [6.45, 7) is 3.27. The molecular formula is C19H19N. The van der Waals surface area contributed by atoms with Crippen LogP contribution in [-0.4, -0.2) is 4.57 Å². The number of hydrogen-bond acceptors (Lipinski definition) is 0. The minimum atomic E-state index is 1.05. The molecule has 2 aromatic carbocycles. The standard InChI is InChI=1S/C19H19N/c1-2-13-20-15-18(16-9-5-3-6-10-16)14-19(20)17-11-7-4-8-12-17/h3-12,14-15H,2,13H2,1H3. The molecule has 1 aromatic heterocycles. The first kappa shape index (κ1) is 12.7. The average molecular weight is 261 g/mol. The lowest BCUT2D eigenvalue weighted by Gasteiger charge is -2.07. The van der Waals surface area contributed by atoms with Crippen LogP contribution in [0.3, 0.4) is 0 Å². The van der Waals surface area contributed by atoms with Gasteiger partial charge in [-0.2, -0.15) is 0 Å². The van der Waals surface area contributed by atoms with Gasteiger partial charge in [0.2, 0.25) is 0 Å². The zero-order valence-electron chi connectivity index (χ0n) is 11.8. The summed E-state index contributed by atoms with van der Waals surface area (Å²) in [5, 5.41) is 0. The first-order chi connectivity index (χ1) is 9.88. The van der Waals surface area contributed by atoms with E-state index in [4.69, 9.17) is 0 Å². The number of rotatable bonds is 4. The molecule has 0 saturated carbocycles. The Morgan fingerprint density at radius 1 is 0.750 bits per heavy atom. The molecule has 0 unspecified atom stereocenters. The lowest BCUT2D eigenvalue weighted by atomic mass is 10.1. The highest BCUT2D eigenvalue weighted by Crippen LogP contribution is 2.28. The van der Waals surface area contributed by atoms with E-state index >= 15 is 0 Å². The summed E-state index contributed by atoms with van der Waals surface area (Å²) in [4.78, 5) is 0. The molecule has 1 nitrogen and oxygen atoms in total. The lowest BCUT2D eigenvalue weighted by Crippen LogP contribution is -1.96. The number of aromatic nitrogens is 1. The monoisotopic (exact) mass is 261 g/mol. The van der Waals surface area contributed by atoms with Crippen LogP contribution < -0.4 is 0 Å². The zero-order chi connectivity index (χ0) is 13.8. The number of nitrogens with zero attached hydrogens (tertiary/aromatic N) is 1. The third-order valence-corrected chi connectivity index (χ3v) is 3.54.